The lowest BCUT2D eigenvalue weighted by Crippen LogP contribution is -1.98. The van der Waals surface area contributed by atoms with Gasteiger partial charge >= 0.3 is 0 Å². The molecule has 0 amide bonds. The summed E-state index contributed by atoms with van der Waals surface area (Å²) in [6.07, 6.45) is 1.68. The Bertz CT molecular complexity index is 233. The van der Waals surface area contributed by atoms with Crippen molar-refractivity contribution in [2.75, 3.05) is 7.05 Å². The molecule has 0 aromatic heterocycles. The second kappa shape index (κ2) is 2.64. The second-order valence-electron chi connectivity index (χ2n) is 2.95. The van der Waals surface area contributed by atoms with Gasteiger partial charge in [-0.2, -0.15) is 0 Å². The molecule has 1 aromatic carbocycles. The van der Waals surface area contributed by atoms with E-state index in [1.54, 1.807) is 0 Å². The van der Waals surface area contributed by atoms with E-state index < -0.39 is 0 Å². The van der Waals surface area contributed by atoms with E-state index in [2.05, 4.69) is 41.7 Å². The minimum atomic E-state index is 0.567. The van der Waals surface area contributed by atoms with E-state index in [1.165, 1.54) is 5.56 Å². The Kier molecular flexibility index (Phi) is 1.64. The Morgan fingerprint density at radius 1 is 1.36 bits per heavy atom. The molecule has 0 spiro atoms. The van der Waals surface area contributed by atoms with E-state index in [0.29, 0.717) is 6.17 Å². The minimum absolute atomic E-state index is 0.567. The van der Waals surface area contributed by atoms with E-state index in [-0.39, 0.29) is 0 Å². The van der Waals surface area contributed by atoms with Gasteiger partial charge in [0.1, 0.15) is 0 Å². The lowest BCUT2D eigenvalue weighted by Gasteiger charge is -1.95. The van der Waals surface area contributed by atoms with Crippen LogP contribution < -0.4 is 5.43 Å². The number of hydrogen-bond donors (Lipinski definition) is 1. The van der Waals surface area contributed by atoms with Crippen LogP contribution in [-0.4, -0.2) is 18.2 Å². The van der Waals surface area contributed by atoms with Crippen molar-refractivity contribution in [2.24, 2.45) is 0 Å². The smallest absolute Gasteiger partial charge is 0.0900 e. The Labute approximate surface area is 66.8 Å². The van der Waals surface area contributed by atoms with Crippen LogP contribution in [0.4, 0.5) is 0 Å². The van der Waals surface area contributed by atoms with Gasteiger partial charge in [0.15, 0.2) is 0 Å². The number of rotatable bonds is 2. The predicted octanol–water partition coefficient (Wildman–Crippen LogP) is 1.01. The third-order valence-corrected chi connectivity index (χ3v) is 2.02. The van der Waals surface area contributed by atoms with Crippen molar-refractivity contribution in [2.45, 2.75) is 12.6 Å². The average Bonchev–Trinajstić information content (AvgIpc) is 2.69. The van der Waals surface area contributed by atoms with Crippen LogP contribution in [0.2, 0.25) is 0 Å². The molecule has 1 aliphatic rings. The SMILES string of the molecule is CN1NC1Cc1ccccc1. The summed E-state index contributed by atoms with van der Waals surface area (Å²) in [7, 11) is 2.06. The van der Waals surface area contributed by atoms with Crippen molar-refractivity contribution >= 4 is 0 Å². The van der Waals surface area contributed by atoms with Crippen LogP contribution in [0.3, 0.4) is 0 Å². The van der Waals surface area contributed by atoms with Gasteiger partial charge in [-0.25, -0.2) is 10.4 Å². The first-order chi connectivity index (χ1) is 5.36. The van der Waals surface area contributed by atoms with Gasteiger partial charge in [0.25, 0.3) is 0 Å². The first kappa shape index (κ1) is 6.83. The molecule has 1 aromatic rings. The number of hydrazine groups is 1. The third kappa shape index (κ3) is 1.59. The normalized spacial score (nSPS) is 28.5. The lowest BCUT2D eigenvalue weighted by molar-refractivity contribution is 0.586. The highest BCUT2D eigenvalue weighted by Gasteiger charge is 2.28. The molecule has 1 heterocycles. The summed E-state index contributed by atoms with van der Waals surface area (Å²) in [6, 6.07) is 10.5. The molecular weight excluding hydrogens is 136 g/mol. The van der Waals surface area contributed by atoms with Crippen molar-refractivity contribution in [1.82, 2.24) is 10.4 Å². The summed E-state index contributed by atoms with van der Waals surface area (Å²) in [5, 5.41) is 2.12. The van der Waals surface area contributed by atoms with E-state index in [1.807, 2.05) is 6.07 Å². The molecule has 2 heteroatoms. The number of likely N-dealkylation sites (N-methyl/N-ethyl adjacent to an activating group) is 1. The first-order valence-corrected chi connectivity index (χ1v) is 3.89. The molecule has 2 atom stereocenters. The van der Waals surface area contributed by atoms with Crippen molar-refractivity contribution in [1.29, 1.82) is 0 Å². The number of nitrogens with zero attached hydrogens (tertiary/aromatic N) is 1. The molecule has 0 bridgehead atoms. The fourth-order valence-corrected chi connectivity index (χ4v) is 1.22. The van der Waals surface area contributed by atoms with Gasteiger partial charge < -0.3 is 0 Å². The zero-order chi connectivity index (χ0) is 7.68. The van der Waals surface area contributed by atoms with Crippen LogP contribution >= 0.6 is 0 Å². The number of hydrogen-bond acceptors (Lipinski definition) is 2. The maximum absolute atomic E-state index is 3.21. The summed E-state index contributed by atoms with van der Waals surface area (Å²) in [4.78, 5) is 0. The van der Waals surface area contributed by atoms with Crippen LogP contribution in [0, 0.1) is 0 Å². The quantitative estimate of drug-likeness (QED) is 0.633. The van der Waals surface area contributed by atoms with Gasteiger partial charge in [-0.1, -0.05) is 30.3 Å². The third-order valence-electron chi connectivity index (χ3n) is 2.02. The van der Waals surface area contributed by atoms with Gasteiger partial charge in [0, 0.05) is 13.5 Å². The molecule has 0 saturated carbocycles. The molecular formula is C9H12N2. The second-order valence-corrected chi connectivity index (χ2v) is 2.95. The van der Waals surface area contributed by atoms with Crippen molar-refractivity contribution < 1.29 is 0 Å². The fraction of sp³-hybridized carbons (Fsp3) is 0.333. The van der Waals surface area contributed by atoms with E-state index in [0.717, 1.165) is 6.42 Å². The van der Waals surface area contributed by atoms with Crippen LogP contribution in [0.15, 0.2) is 30.3 Å². The van der Waals surface area contributed by atoms with Gasteiger partial charge in [-0.05, 0) is 5.56 Å². The van der Waals surface area contributed by atoms with Gasteiger partial charge in [0.05, 0.1) is 6.17 Å². The Morgan fingerprint density at radius 3 is 2.55 bits per heavy atom. The standard InChI is InChI=1S/C9H12N2/c1-11-9(10-11)7-8-5-3-2-4-6-8/h2-6,9-10H,7H2,1H3. The van der Waals surface area contributed by atoms with E-state index in [4.69, 9.17) is 0 Å². The molecule has 0 aliphatic carbocycles. The zero-order valence-electron chi connectivity index (χ0n) is 6.62. The van der Waals surface area contributed by atoms with Gasteiger partial charge in [0.2, 0.25) is 0 Å². The maximum Gasteiger partial charge on any atom is 0.0900 e. The van der Waals surface area contributed by atoms with Crippen LogP contribution in [-0.2, 0) is 6.42 Å². The van der Waals surface area contributed by atoms with Crippen LogP contribution in [0.1, 0.15) is 5.56 Å². The Hall–Kier alpha value is -0.860. The number of benzene rings is 1. The monoisotopic (exact) mass is 148 g/mol. The minimum Gasteiger partial charge on any atom is -0.235 e. The predicted molar refractivity (Wildman–Crippen MR) is 44.8 cm³/mol. The fourth-order valence-electron chi connectivity index (χ4n) is 1.22. The molecule has 1 N–H and O–H groups in total. The van der Waals surface area contributed by atoms with Crippen molar-refractivity contribution in [3.63, 3.8) is 0 Å². The highest BCUT2D eigenvalue weighted by molar-refractivity contribution is 5.16. The largest absolute Gasteiger partial charge is 0.235 e. The van der Waals surface area contributed by atoms with Crippen LogP contribution in [0.5, 0.6) is 0 Å². The van der Waals surface area contributed by atoms with Crippen molar-refractivity contribution in [3.8, 4) is 0 Å². The summed E-state index contributed by atoms with van der Waals surface area (Å²) in [6.45, 7) is 0. The average molecular weight is 148 g/mol. The molecule has 1 fully saturated rings. The first-order valence-electron chi connectivity index (χ1n) is 3.89. The molecule has 2 nitrogen and oxygen atoms in total. The molecule has 11 heavy (non-hydrogen) atoms. The molecule has 1 saturated heterocycles. The lowest BCUT2D eigenvalue weighted by atomic mass is 10.1. The highest BCUT2D eigenvalue weighted by Crippen LogP contribution is 2.11. The van der Waals surface area contributed by atoms with E-state index in [9.17, 15) is 0 Å². The zero-order valence-corrected chi connectivity index (χ0v) is 6.62. The maximum atomic E-state index is 3.21. The Morgan fingerprint density at radius 2 is 2.00 bits per heavy atom. The summed E-state index contributed by atoms with van der Waals surface area (Å²) in [5.41, 5.74) is 4.61. The van der Waals surface area contributed by atoms with Gasteiger partial charge in [-0.15, -0.1) is 0 Å². The van der Waals surface area contributed by atoms with Crippen LogP contribution in [0.25, 0.3) is 0 Å². The van der Waals surface area contributed by atoms with E-state index >= 15 is 0 Å². The summed E-state index contributed by atoms with van der Waals surface area (Å²) in [5.74, 6) is 0. The van der Waals surface area contributed by atoms with Crippen molar-refractivity contribution in [3.05, 3.63) is 35.9 Å². The summed E-state index contributed by atoms with van der Waals surface area (Å²) < 4.78 is 0. The Balaban J connectivity index is 1.97. The highest BCUT2D eigenvalue weighted by atomic mass is 15.7. The van der Waals surface area contributed by atoms with Gasteiger partial charge in [-0.3, -0.25) is 0 Å². The molecule has 2 rings (SSSR count). The summed E-state index contributed by atoms with van der Waals surface area (Å²) >= 11 is 0. The molecule has 0 radical (unpaired) electrons. The number of nitrogens with one attached hydrogen (secondary N) is 1. The molecule has 1 aliphatic heterocycles. The molecule has 58 valence electrons. The topological polar surface area (TPSA) is 25.0 Å². The molecule has 2 unspecified atom stereocenters.